The summed E-state index contributed by atoms with van der Waals surface area (Å²) in [5, 5.41) is 7.70. The molecule has 0 spiro atoms. The average Bonchev–Trinajstić information content (AvgIpc) is 2.89. The van der Waals surface area contributed by atoms with Gasteiger partial charge in [0.25, 0.3) is 0 Å². The molecule has 0 amide bonds. The second-order valence-electron chi connectivity index (χ2n) is 4.72. The molecule has 0 aliphatic heterocycles. The molecule has 0 radical (unpaired) electrons. The van der Waals surface area contributed by atoms with E-state index >= 15 is 0 Å². The molecular formula is C16H23N3O. The molecule has 0 saturated carbocycles. The van der Waals surface area contributed by atoms with E-state index in [9.17, 15) is 0 Å². The minimum absolute atomic E-state index is 0.557. The molecule has 0 atom stereocenters. The number of aryl methyl sites for hydroxylation is 2. The van der Waals surface area contributed by atoms with Crippen LogP contribution in [0.25, 0.3) is 0 Å². The summed E-state index contributed by atoms with van der Waals surface area (Å²) in [5.74, 6) is 0.934. The molecule has 20 heavy (non-hydrogen) atoms. The van der Waals surface area contributed by atoms with Gasteiger partial charge in [0.1, 0.15) is 12.4 Å². The van der Waals surface area contributed by atoms with Crippen LogP contribution in [0.3, 0.4) is 0 Å². The Bertz CT molecular complexity index is 548. The molecule has 2 aromatic rings. The molecule has 0 bridgehead atoms. The summed E-state index contributed by atoms with van der Waals surface area (Å²) in [6, 6.07) is 10.3. The maximum Gasteiger partial charge on any atom is 0.130 e. The summed E-state index contributed by atoms with van der Waals surface area (Å²) in [6.07, 6.45) is 0.955. The molecule has 0 aliphatic rings. The average molecular weight is 273 g/mol. The first-order valence-electron chi connectivity index (χ1n) is 7.19. The third kappa shape index (κ3) is 3.39. The van der Waals surface area contributed by atoms with Crippen LogP contribution in [-0.4, -0.2) is 16.8 Å². The first-order chi connectivity index (χ1) is 9.78. The summed E-state index contributed by atoms with van der Waals surface area (Å²) >= 11 is 0. The Kier molecular flexibility index (Phi) is 5.18. The van der Waals surface area contributed by atoms with Crippen molar-refractivity contribution in [2.24, 2.45) is 0 Å². The molecule has 0 fully saturated rings. The highest BCUT2D eigenvalue weighted by atomic mass is 16.5. The van der Waals surface area contributed by atoms with Crippen LogP contribution in [-0.2, 0) is 26.1 Å². The van der Waals surface area contributed by atoms with Crippen LogP contribution in [0.2, 0.25) is 0 Å². The highest BCUT2D eigenvalue weighted by molar-refractivity contribution is 5.33. The fraction of sp³-hybridized carbons (Fsp3) is 0.438. The maximum absolute atomic E-state index is 5.98. The number of ether oxygens (including phenoxy) is 1. The monoisotopic (exact) mass is 273 g/mol. The van der Waals surface area contributed by atoms with E-state index in [1.165, 1.54) is 5.56 Å². The van der Waals surface area contributed by atoms with Crippen molar-refractivity contribution >= 4 is 0 Å². The Morgan fingerprint density at radius 1 is 1.25 bits per heavy atom. The zero-order valence-corrected chi connectivity index (χ0v) is 12.5. The normalized spacial score (nSPS) is 10.8. The molecule has 0 saturated heterocycles. The van der Waals surface area contributed by atoms with Gasteiger partial charge in [0.15, 0.2) is 0 Å². The Morgan fingerprint density at radius 2 is 2.05 bits per heavy atom. The molecule has 1 heterocycles. The molecule has 0 aliphatic carbocycles. The van der Waals surface area contributed by atoms with Crippen molar-refractivity contribution < 1.29 is 4.74 Å². The van der Waals surface area contributed by atoms with Crippen molar-refractivity contribution in [3.05, 3.63) is 47.3 Å². The number of aromatic nitrogens is 2. The third-order valence-electron chi connectivity index (χ3n) is 3.29. The Hall–Kier alpha value is -1.81. The number of nitrogens with zero attached hydrogens (tertiary/aromatic N) is 2. The number of nitrogens with one attached hydrogen (secondary N) is 1. The van der Waals surface area contributed by atoms with E-state index in [4.69, 9.17) is 4.74 Å². The molecule has 1 aromatic carbocycles. The van der Waals surface area contributed by atoms with E-state index in [0.717, 1.165) is 36.6 Å². The number of rotatable bonds is 7. The lowest BCUT2D eigenvalue weighted by atomic mass is 10.2. The third-order valence-corrected chi connectivity index (χ3v) is 3.29. The Morgan fingerprint density at radius 3 is 2.75 bits per heavy atom. The predicted molar refractivity (Wildman–Crippen MR) is 80.8 cm³/mol. The van der Waals surface area contributed by atoms with E-state index in [1.54, 1.807) is 0 Å². The summed E-state index contributed by atoms with van der Waals surface area (Å²) < 4.78 is 7.99. The van der Waals surface area contributed by atoms with Gasteiger partial charge >= 0.3 is 0 Å². The predicted octanol–water partition coefficient (Wildman–Crippen LogP) is 2.76. The van der Waals surface area contributed by atoms with Crippen LogP contribution in [0.4, 0.5) is 0 Å². The van der Waals surface area contributed by atoms with Crippen molar-refractivity contribution in [1.29, 1.82) is 0 Å². The summed E-state index contributed by atoms with van der Waals surface area (Å²) in [6.45, 7) is 6.46. The standard InChI is InChI=1S/C16H23N3O/c1-4-14-10-15(19(5-2)18-14)12-20-16-9-7-6-8-13(16)11-17-3/h6-10,17H,4-5,11-12H2,1-3H3. The van der Waals surface area contributed by atoms with Gasteiger partial charge in [0.05, 0.1) is 11.4 Å². The SMILES string of the molecule is CCc1cc(COc2ccccc2CNC)n(CC)n1. The van der Waals surface area contributed by atoms with Gasteiger partial charge in [-0.15, -0.1) is 0 Å². The quantitative estimate of drug-likeness (QED) is 0.843. The summed E-state index contributed by atoms with van der Waals surface area (Å²) in [4.78, 5) is 0. The molecular weight excluding hydrogens is 250 g/mol. The van der Waals surface area contributed by atoms with E-state index in [2.05, 4.69) is 36.4 Å². The van der Waals surface area contributed by atoms with E-state index in [1.807, 2.05) is 29.9 Å². The molecule has 1 aromatic heterocycles. The number of para-hydroxylation sites is 1. The van der Waals surface area contributed by atoms with Crippen LogP contribution >= 0.6 is 0 Å². The van der Waals surface area contributed by atoms with Gasteiger partial charge in [-0.1, -0.05) is 25.1 Å². The number of hydrogen-bond donors (Lipinski definition) is 1. The first kappa shape index (κ1) is 14.6. The zero-order valence-electron chi connectivity index (χ0n) is 12.5. The smallest absolute Gasteiger partial charge is 0.130 e. The summed E-state index contributed by atoms with van der Waals surface area (Å²) in [7, 11) is 1.94. The van der Waals surface area contributed by atoms with Crippen molar-refractivity contribution in [1.82, 2.24) is 15.1 Å². The Labute approximate surface area is 120 Å². The lowest BCUT2D eigenvalue weighted by molar-refractivity contribution is 0.289. The van der Waals surface area contributed by atoms with Crippen LogP contribution in [0, 0.1) is 0 Å². The fourth-order valence-corrected chi connectivity index (χ4v) is 2.21. The second-order valence-corrected chi connectivity index (χ2v) is 4.72. The molecule has 2 rings (SSSR count). The highest BCUT2D eigenvalue weighted by Crippen LogP contribution is 2.19. The van der Waals surface area contributed by atoms with Crippen molar-refractivity contribution in [2.45, 2.75) is 40.0 Å². The van der Waals surface area contributed by atoms with Gasteiger partial charge in [0, 0.05) is 18.7 Å². The summed E-state index contributed by atoms with van der Waals surface area (Å²) in [5.41, 5.74) is 3.42. The van der Waals surface area contributed by atoms with Crippen molar-refractivity contribution in [3.8, 4) is 5.75 Å². The van der Waals surface area contributed by atoms with Gasteiger partial charge < -0.3 is 10.1 Å². The largest absolute Gasteiger partial charge is 0.487 e. The first-order valence-corrected chi connectivity index (χ1v) is 7.19. The lowest BCUT2D eigenvalue weighted by Gasteiger charge is -2.11. The van der Waals surface area contributed by atoms with Gasteiger partial charge in [-0.2, -0.15) is 5.10 Å². The minimum atomic E-state index is 0.557. The van der Waals surface area contributed by atoms with Crippen molar-refractivity contribution in [2.75, 3.05) is 7.05 Å². The van der Waals surface area contributed by atoms with Gasteiger partial charge in [0.2, 0.25) is 0 Å². The van der Waals surface area contributed by atoms with E-state index in [0.29, 0.717) is 6.61 Å². The fourth-order valence-electron chi connectivity index (χ4n) is 2.21. The highest BCUT2D eigenvalue weighted by Gasteiger charge is 2.08. The van der Waals surface area contributed by atoms with E-state index < -0.39 is 0 Å². The van der Waals surface area contributed by atoms with Gasteiger partial charge in [-0.25, -0.2) is 0 Å². The van der Waals surface area contributed by atoms with Gasteiger partial charge in [-0.05, 0) is 32.5 Å². The van der Waals surface area contributed by atoms with Crippen LogP contribution in [0.15, 0.2) is 30.3 Å². The molecule has 0 unspecified atom stereocenters. The lowest BCUT2D eigenvalue weighted by Crippen LogP contribution is -2.09. The molecule has 4 nitrogen and oxygen atoms in total. The number of benzene rings is 1. The second kappa shape index (κ2) is 7.10. The van der Waals surface area contributed by atoms with Crippen molar-refractivity contribution in [3.63, 3.8) is 0 Å². The molecule has 4 heteroatoms. The minimum Gasteiger partial charge on any atom is -0.487 e. The van der Waals surface area contributed by atoms with Crippen LogP contribution in [0.1, 0.15) is 30.8 Å². The topological polar surface area (TPSA) is 39.1 Å². The maximum atomic E-state index is 5.98. The van der Waals surface area contributed by atoms with Gasteiger partial charge in [-0.3, -0.25) is 4.68 Å². The zero-order chi connectivity index (χ0) is 14.4. The van der Waals surface area contributed by atoms with E-state index in [-0.39, 0.29) is 0 Å². The molecule has 108 valence electrons. The van der Waals surface area contributed by atoms with Crippen LogP contribution < -0.4 is 10.1 Å². The molecule has 1 N–H and O–H groups in total. The Balaban J connectivity index is 2.10. The number of hydrogen-bond acceptors (Lipinski definition) is 3. The van der Waals surface area contributed by atoms with Crippen LogP contribution in [0.5, 0.6) is 5.75 Å².